The first-order chi connectivity index (χ1) is 7.97. The number of halogens is 3. The molecule has 0 radical (unpaired) electrons. The van der Waals surface area contributed by atoms with E-state index in [2.05, 4.69) is 10.0 Å². The zero-order chi connectivity index (χ0) is 12.9. The lowest BCUT2D eigenvalue weighted by Gasteiger charge is -2.07. The molecule has 0 bridgehead atoms. The van der Waals surface area contributed by atoms with E-state index in [1.54, 1.807) is 7.05 Å². The molecule has 4 nitrogen and oxygen atoms in total. The van der Waals surface area contributed by atoms with Crippen LogP contribution in [0.15, 0.2) is 23.1 Å². The highest BCUT2D eigenvalue weighted by Crippen LogP contribution is 2.15. The van der Waals surface area contributed by atoms with Crippen LogP contribution < -0.4 is 10.0 Å². The van der Waals surface area contributed by atoms with Crippen LogP contribution in [-0.2, 0) is 10.0 Å². The molecule has 0 amide bonds. The normalized spacial score (nSPS) is 11.1. The van der Waals surface area contributed by atoms with Crippen molar-refractivity contribution >= 4 is 22.4 Å². The van der Waals surface area contributed by atoms with Gasteiger partial charge in [0.2, 0.25) is 10.0 Å². The van der Waals surface area contributed by atoms with Crippen LogP contribution in [0.1, 0.15) is 6.42 Å². The van der Waals surface area contributed by atoms with Gasteiger partial charge in [-0.25, -0.2) is 21.9 Å². The fraction of sp³-hybridized carbons (Fsp3) is 0.400. The Hall–Kier alpha value is -0.760. The van der Waals surface area contributed by atoms with Crippen molar-refractivity contribution in [2.24, 2.45) is 0 Å². The van der Waals surface area contributed by atoms with Gasteiger partial charge in [0, 0.05) is 6.54 Å². The summed E-state index contributed by atoms with van der Waals surface area (Å²) in [4.78, 5) is -0.665. The first-order valence-electron chi connectivity index (χ1n) is 5.06. The highest BCUT2D eigenvalue weighted by molar-refractivity contribution is 7.89. The van der Waals surface area contributed by atoms with Gasteiger partial charge >= 0.3 is 0 Å². The third kappa shape index (κ3) is 4.85. The molecule has 0 heterocycles. The van der Waals surface area contributed by atoms with E-state index in [9.17, 15) is 17.2 Å². The van der Waals surface area contributed by atoms with Crippen LogP contribution >= 0.6 is 12.4 Å². The molecule has 1 aromatic rings. The second-order valence-corrected chi connectivity index (χ2v) is 5.17. The Morgan fingerprint density at radius 2 is 1.89 bits per heavy atom. The SMILES string of the molecule is CNCCCNS(=O)(=O)c1cc(F)ccc1F.Cl. The molecule has 2 N–H and O–H groups in total. The van der Waals surface area contributed by atoms with Gasteiger partial charge in [-0.2, -0.15) is 0 Å². The molecule has 0 aromatic heterocycles. The Labute approximate surface area is 111 Å². The smallest absolute Gasteiger partial charge is 0.243 e. The topological polar surface area (TPSA) is 58.2 Å². The summed E-state index contributed by atoms with van der Waals surface area (Å²) in [6.45, 7) is 0.799. The van der Waals surface area contributed by atoms with Gasteiger partial charge in [-0.3, -0.25) is 0 Å². The minimum absolute atomic E-state index is 0. The van der Waals surface area contributed by atoms with E-state index >= 15 is 0 Å². The number of benzene rings is 1. The molecule has 104 valence electrons. The molecule has 0 aliphatic heterocycles. The third-order valence-corrected chi connectivity index (χ3v) is 3.55. The molecule has 0 aliphatic carbocycles. The van der Waals surface area contributed by atoms with E-state index < -0.39 is 26.6 Å². The van der Waals surface area contributed by atoms with Crippen molar-refractivity contribution < 1.29 is 17.2 Å². The highest BCUT2D eigenvalue weighted by atomic mass is 35.5. The molecule has 1 rings (SSSR count). The molecule has 0 atom stereocenters. The van der Waals surface area contributed by atoms with Crippen LogP contribution in [0, 0.1) is 11.6 Å². The van der Waals surface area contributed by atoms with E-state index in [-0.39, 0.29) is 19.0 Å². The van der Waals surface area contributed by atoms with Crippen LogP contribution in [0.25, 0.3) is 0 Å². The van der Waals surface area contributed by atoms with Crippen LogP contribution in [0.3, 0.4) is 0 Å². The van der Waals surface area contributed by atoms with Crippen LogP contribution in [0.5, 0.6) is 0 Å². The summed E-state index contributed by atoms with van der Waals surface area (Å²) in [5, 5.41) is 2.85. The fourth-order valence-electron chi connectivity index (χ4n) is 1.23. The summed E-state index contributed by atoms with van der Waals surface area (Å²) in [6.07, 6.45) is 0.562. The second-order valence-electron chi connectivity index (χ2n) is 3.43. The minimum Gasteiger partial charge on any atom is -0.320 e. The zero-order valence-electron chi connectivity index (χ0n) is 9.74. The van der Waals surface area contributed by atoms with Gasteiger partial charge in [-0.1, -0.05) is 0 Å². The van der Waals surface area contributed by atoms with Gasteiger partial charge < -0.3 is 5.32 Å². The summed E-state index contributed by atoms with van der Waals surface area (Å²) < 4.78 is 51.6. The maximum atomic E-state index is 13.2. The molecule has 0 saturated carbocycles. The van der Waals surface area contributed by atoms with E-state index in [1.807, 2.05) is 0 Å². The van der Waals surface area contributed by atoms with Crippen molar-refractivity contribution in [3.05, 3.63) is 29.8 Å². The minimum atomic E-state index is -3.99. The van der Waals surface area contributed by atoms with Crippen molar-refractivity contribution in [1.82, 2.24) is 10.0 Å². The number of rotatable bonds is 6. The molecule has 0 aliphatic rings. The van der Waals surface area contributed by atoms with Crippen molar-refractivity contribution in [1.29, 1.82) is 0 Å². The lowest BCUT2D eigenvalue weighted by Crippen LogP contribution is -2.27. The lowest BCUT2D eigenvalue weighted by molar-refractivity contribution is 0.544. The Morgan fingerprint density at radius 3 is 2.50 bits per heavy atom. The quantitative estimate of drug-likeness (QED) is 0.778. The highest BCUT2D eigenvalue weighted by Gasteiger charge is 2.18. The van der Waals surface area contributed by atoms with Gasteiger partial charge in [0.25, 0.3) is 0 Å². The predicted molar refractivity (Wildman–Crippen MR) is 67.3 cm³/mol. The molecule has 0 saturated heterocycles. The number of hydrogen-bond acceptors (Lipinski definition) is 3. The Morgan fingerprint density at radius 1 is 1.22 bits per heavy atom. The molecule has 18 heavy (non-hydrogen) atoms. The summed E-state index contributed by atoms with van der Waals surface area (Å²) in [6, 6.07) is 2.32. The van der Waals surface area contributed by atoms with Gasteiger partial charge in [0.05, 0.1) is 0 Å². The van der Waals surface area contributed by atoms with Crippen LogP contribution in [0.4, 0.5) is 8.78 Å². The zero-order valence-corrected chi connectivity index (χ0v) is 11.4. The van der Waals surface area contributed by atoms with Gasteiger partial charge in [-0.05, 0) is 38.2 Å². The van der Waals surface area contributed by atoms with Gasteiger partial charge in [0.1, 0.15) is 16.5 Å². The van der Waals surface area contributed by atoms with Crippen molar-refractivity contribution in [2.75, 3.05) is 20.1 Å². The summed E-state index contributed by atoms with van der Waals surface area (Å²) in [5.41, 5.74) is 0. The standard InChI is InChI=1S/C10H14F2N2O2S.ClH/c1-13-5-2-6-14-17(15,16)10-7-8(11)3-4-9(10)12;/h3-4,7,13-14H,2,5-6H2,1H3;1H. The lowest BCUT2D eigenvalue weighted by atomic mass is 10.3. The molecule has 8 heteroatoms. The fourth-order valence-corrected chi connectivity index (χ4v) is 2.39. The molecule has 1 aromatic carbocycles. The summed E-state index contributed by atoms with van der Waals surface area (Å²) in [5.74, 6) is -1.76. The number of hydrogen-bond donors (Lipinski definition) is 2. The average Bonchev–Trinajstić information content (AvgIpc) is 2.28. The van der Waals surface area contributed by atoms with Crippen molar-refractivity contribution in [3.8, 4) is 0 Å². The number of sulfonamides is 1. The largest absolute Gasteiger partial charge is 0.320 e. The van der Waals surface area contributed by atoms with Crippen molar-refractivity contribution in [3.63, 3.8) is 0 Å². The van der Waals surface area contributed by atoms with E-state index in [0.29, 0.717) is 19.0 Å². The monoisotopic (exact) mass is 300 g/mol. The first kappa shape index (κ1) is 17.2. The van der Waals surface area contributed by atoms with Gasteiger partial charge in [-0.15, -0.1) is 12.4 Å². The average molecular weight is 301 g/mol. The summed E-state index contributed by atoms with van der Waals surface area (Å²) in [7, 11) is -2.25. The third-order valence-electron chi connectivity index (χ3n) is 2.08. The Balaban J connectivity index is 0.00000289. The number of nitrogens with one attached hydrogen (secondary N) is 2. The molecular formula is C10H15ClF2N2O2S. The molecule has 0 fully saturated rings. The molecule has 0 spiro atoms. The predicted octanol–water partition coefficient (Wildman–Crippen LogP) is 1.27. The van der Waals surface area contributed by atoms with E-state index in [1.165, 1.54) is 0 Å². The first-order valence-corrected chi connectivity index (χ1v) is 6.55. The van der Waals surface area contributed by atoms with Crippen LogP contribution in [0.2, 0.25) is 0 Å². The van der Waals surface area contributed by atoms with E-state index in [0.717, 1.165) is 12.1 Å². The maximum absolute atomic E-state index is 13.2. The van der Waals surface area contributed by atoms with Crippen molar-refractivity contribution in [2.45, 2.75) is 11.3 Å². The Bertz CT molecular complexity index is 483. The molecule has 0 unspecified atom stereocenters. The maximum Gasteiger partial charge on any atom is 0.243 e. The van der Waals surface area contributed by atoms with E-state index in [4.69, 9.17) is 0 Å². The Kier molecular flexibility index (Phi) is 7.30. The van der Waals surface area contributed by atoms with Gasteiger partial charge in [0.15, 0.2) is 0 Å². The van der Waals surface area contributed by atoms with Crippen LogP contribution in [-0.4, -0.2) is 28.6 Å². The molecular weight excluding hydrogens is 286 g/mol. The summed E-state index contributed by atoms with van der Waals surface area (Å²) >= 11 is 0. The second kappa shape index (κ2) is 7.63.